The second-order valence-electron chi connectivity index (χ2n) is 4.49. The number of aromatic nitrogens is 3. The van der Waals surface area contributed by atoms with Crippen molar-refractivity contribution in [2.75, 3.05) is 0 Å². The molecule has 1 amide bonds. The van der Waals surface area contributed by atoms with E-state index in [4.69, 9.17) is 5.11 Å². The Bertz CT molecular complexity index is 418. The Morgan fingerprint density at radius 1 is 1.39 bits per heavy atom. The van der Waals surface area contributed by atoms with Gasteiger partial charge in [0.15, 0.2) is 0 Å². The Morgan fingerprint density at radius 2 is 2.11 bits per heavy atom. The van der Waals surface area contributed by atoms with Crippen LogP contribution in [0.2, 0.25) is 0 Å². The highest BCUT2D eigenvalue weighted by atomic mass is 16.4. The fourth-order valence-electron chi connectivity index (χ4n) is 2.36. The standard InChI is InChI=1S/C11H16N4O3/c16-10(12-5-9-13-6-14-15-9)7-3-1-2-4-8(7)11(17)18/h6-8H,1-5H2,(H,12,16)(H,17,18)(H,13,14,15). The minimum Gasteiger partial charge on any atom is -0.481 e. The second kappa shape index (κ2) is 5.61. The molecule has 0 saturated heterocycles. The number of amides is 1. The van der Waals surface area contributed by atoms with Gasteiger partial charge in [0.05, 0.1) is 18.4 Å². The van der Waals surface area contributed by atoms with E-state index in [2.05, 4.69) is 20.5 Å². The fourth-order valence-corrected chi connectivity index (χ4v) is 2.36. The third kappa shape index (κ3) is 2.85. The van der Waals surface area contributed by atoms with Crippen LogP contribution >= 0.6 is 0 Å². The van der Waals surface area contributed by atoms with Crippen molar-refractivity contribution in [2.24, 2.45) is 11.8 Å². The number of nitrogens with one attached hydrogen (secondary N) is 2. The smallest absolute Gasteiger partial charge is 0.307 e. The van der Waals surface area contributed by atoms with Crippen molar-refractivity contribution in [1.29, 1.82) is 0 Å². The number of aromatic amines is 1. The van der Waals surface area contributed by atoms with Crippen LogP contribution in [0.1, 0.15) is 31.5 Å². The number of carbonyl (C=O) groups excluding carboxylic acids is 1. The minimum atomic E-state index is -0.880. The van der Waals surface area contributed by atoms with Gasteiger partial charge < -0.3 is 10.4 Å². The molecule has 3 N–H and O–H groups in total. The normalized spacial score (nSPS) is 23.6. The van der Waals surface area contributed by atoms with E-state index in [9.17, 15) is 9.59 Å². The largest absolute Gasteiger partial charge is 0.481 e. The van der Waals surface area contributed by atoms with Crippen LogP contribution in [-0.4, -0.2) is 32.2 Å². The van der Waals surface area contributed by atoms with Gasteiger partial charge in [0.2, 0.25) is 5.91 Å². The highest BCUT2D eigenvalue weighted by molar-refractivity contribution is 5.84. The van der Waals surface area contributed by atoms with Crippen LogP contribution in [0.15, 0.2) is 6.33 Å². The van der Waals surface area contributed by atoms with Crippen LogP contribution in [-0.2, 0) is 16.1 Å². The third-order valence-corrected chi connectivity index (χ3v) is 3.31. The Hall–Kier alpha value is -1.92. The molecule has 98 valence electrons. The molecule has 0 bridgehead atoms. The van der Waals surface area contributed by atoms with Gasteiger partial charge in [-0.05, 0) is 12.8 Å². The molecule has 2 unspecified atom stereocenters. The molecule has 0 aliphatic heterocycles. The molecular formula is C11H16N4O3. The quantitative estimate of drug-likeness (QED) is 0.714. The van der Waals surface area contributed by atoms with E-state index in [0.717, 1.165) is 12.8 Å². The summed E-state index contributed by atoms with van der Waals surface area (Å²) in [6.07, 6.45) is 4.37. The van der Waals surface area contributed by atoms with Gasteiger partial charge >= 0.3 is 5.97 Å². The SMILES string of the molecule is O=C(O)C1CCCCC1C(=O)NCc1ncn[nH]1. The number of nitrogens with zero attached hydrogens (tertiary/aromatic N) is 2. The van der Waals surface area contributed by atoms with E-state index in [1.54, 1.807) is 0 Å². The third-order valence-electron chi connectivity index (χ3n) is 3.31. The predicted molar refractivity (Wildman–Crippen MR) is 61.3 cm³/mol. The first kappa shape index (κ1) is 12.5. The number of H-pyrrole nitrogens is 1. The molecule has 1 fully saturated rings. The Balaban J connectivity index is 1.92. The topological polar surface area (TPSA) is 108 Å². The maximum Gasteiger partial charge on any atom is 0.307 e. The van der Waals surface area contributed by atoms with Gasteiger partial charge in [-0.15, -0.1) is 0 Å². The van der Waals surface area contributed by atoms with Crippen molar-refractivity contribution < 1.29 is 14.7 Å². The molecule has 2 rings (SSSR count). The van der Waals surface area contributed by atoms with Crippen molar-refractivity contribution in [1.82, 2.24) is 20.5 Å². The average molecular weight is 252 g/mol. The number of hydrogen-bond donors (Lipinski definition) is 3. The molecule has 18 heavy (non-hydrogen) atoms. The van der Waals surface area contributed by atoms with Crippen LogP contribution in [0, 0.1) is 11.8 Å². The summed E-state index contributed by atoms with van der Waals surface area (Å²) in [7, 11) is 0. The molecule has 1 saturated carbocycles. The first-order chi connectivity index (χ1) is 8.68. The lowest BCUT2D eigenvalue weighted by atomic mass is 9.79. The van der Waals surface area contributed by atoms with Crippen LogP contribution in [0.3, 0.4) is 0 Å². The number of carboxylic acids is 1. The molecule has 0 radical (unpaired) electrons. The minimum absolute atomic E-state index is 0.210. The van der Waals surface area contributed by atoms with Gasteiger partial charge in [0.25, 0.3) is 0 Å². The molecule has 1 aromatic heterocycles. The molecular weight excluding hydrogens is 236 g/mol. The van der Waals surface area contributed by atoms with Crippen LogP contribution < -0.4 is 5.32 Å². The molecule has 0 aromatic carbocycles. The number of hydrogen-bond acceptors (Lipinski definition) is 4. The zero-order valence-electron chi connectivity index (χ0n) is 9.93. The summed E-state index contributed by atoms with van der Waals surface area (Å²) in [5.41, 5.74) is 0. The van der Waals surface area contributed by atoms with Gasteiger partial charge in [-0.25, -0.2) is 4.98 Å². The van der Waals surface area contributed by atoms with Crippen molar-refractivity contribution in [2.45, 2.75) is 32.2 Å². The number of aliphatic carboxylic acids is 1. The molecule has 7 nitrogen and oxygen atoms in total. The molecule has 7 heteroatoms. The fraction of sp³-hybridized carbons (Fsp3) is 0.636. The highest BCUT2D eigenvalue weighted by Gasteiger charge is 2.35. The van der Waals surface area contributed by atoms with E-state index < -0.39 is 17.8 Å². The van der Waals surface area contributed by atoms with E-state index in [1.807, 2.05) is 0 Å². The van der Waals surface area contributed by atoms with Gasteiger partial charge in [0.1, 0.15) is 12.2 Å². The Labute approximate surface area is 104 Å². The molecule has 2 atom stereocenters. The summed E-state index contributed by atoms with van der Waals surface area (Å²) in [6, 6.07) is 0. The van der Waals surface area contributed by atoms with E-state index >= 15 is 0 Å². The van der Waals surface area contributed by atoms with E-state index in [-0.39, 0.29) is 12.5 Å². The summed E-state index contributed by atoms with van der Waals surface area (Å²) in [6.45, 7) is 0.252. The lowest BCUT2D eigenvalue weighted by molar-refractivity contribution is -0.148. The zero-order valence-corrected chi connectivity index (χ0v) is 9.93. The van der Waals surface area contributed by atoms with Gasteiger partial charge in [0, 0.05) is 0 Å². The van der Waals surface area contributed by atoms with Crippen LogP contribution in [0.5, 0.6) is 0 Å². The Morgan fingerprint density at radius 3 is 2.72 bits per heavy atom. The lowest BCUT2D eigenvalue weighted by Gasteiger charge is -2.27. The van der Waals surface area contributed by atoms with Crippen molar-refractivity contribution in [3.8, 4) is 0 Å². The maximum atomic E-state index is 12.0. The highest BCUT2D eigenvalue weighted by Crippen LogP contribution is 2.30. The Kier molecular flexibility index (Phi) is 3.91. The average Bonchev–Trinajstić information content (AvgIpc) is 2.89. The van der Waals surface area contributed by atoms with E-state index in [1.165, 1.54) is 6.33 Å². The number of carboxylic acid groups (broad SMARTS) is 1. The van der Waals surface area contributed by atoms with E-state index in [0.29, 0.717) is 18.7 Å². The van der Waals surface area contributed by atoms with Gasteiger partial charge in [-0.2, -0.15) is 5.10 Å². The first-order valence-corrected chi connectivity index (χ1v) is 6.03. The van der Waals surface area contributed by atoms with Gasteiger partial charge in [-0.1, -0.05) is 12.8 Å². The summed E-state index contributed by atoms with van der Waals surface area (Å²) >= 11 is 0. The van der Waals surface area contributed by atoms with Gasteiger partial charge in [-0.3, -0.25) is 14.7 Å². The van der Waals surface area contributed by atoms with Crippen molar-refractivity contribution in [3.05, 3.63) is 12.2 Å². The van der Waals surface area contributed by atoms with Crippen LogP contribution in [0.4, 0.5) is 0 Å². The number of rotatable bonds is 4. The molecule has 1 heterocycles. The molecule has 0 spiro atoms. The molecule has 1 aromatic rings. The van der Waals surface area contributed by atoms with Crippen molar-refractivity contribution >= 4 is 11.9 Å². The molecule has 1 aliphatic carbocycles. The molecule has 1 aliphatic rings. The monoisotopic (exact) mass is 252 g/mol. The zero-order chi connectivity index (χ0) is 13.0. The summed E-state index contributed by atoms with van der Waals surface area (Å²) in [5.74, 6) is -1.52. The summed E-state index contributed by atoms with van der Waals surface area (Å²) in [4.78, 5) is 27.0. The number of carbonyl (C=O) groups is 2. The second-order valence-corrected chi connectivity index (χ2v) is 4.49. The van der Waals surface area contributed by atoms with Crippen LogP contribution in [0.25, 0.3) is 0 Å². The maximum absolute atomic E-state index is 12.0. The summed E-state index contributed by atoms with van der Waals surface area (Å²) in [5, 5.41) is 18.1. The van der Waals surface area contributed by atoms with Crippen molar-refractivity contribution in [3.63, 3.8) is 0 Å². The first-order valence-electron chi connectivity index (χ1n) is 6.03. The predicted octanol–water partition coefficient (Wildman–Crippen LogP) is 0.312. The lowest BCUT2D eigenvalue weighted by Crippen LogP contribution is -2.39. The summed E-state index contributed by atoms with van der Waals surface area (Å²) < 4.78 is 0.